The standard InChI is InChI=1S/C20H25N3O2/c1-16-9-11-18(12-10-16)21-19(24)14-23(3)20(25)15-22(2)13-17-7-5-4-6-8-17/h4-12H,13-15H2,1-3H3,(H,21,24)/p+1. The van der Waals surface area contributed by atoms with Gasteiger partial charge in [0.1, 0.15) is 6.54 Å². The third kappa shape index (κ3) is 6.39. The second-order valence-electron chi connectivity index (χ2n) is 6.46. The molecule has 0 saturated heterocycles. The quantitative estimate of drug-likeness (QED) is 0.793. The molecule has 0 aliphatic rings. The molecule has 0 aliphatic carbocycles. The van der Waals surface area contributed by atoms with Crippen molar-refractivity contribution in [3.63, 3.8) is 0 Å². The van der Waals surface area contributed by atoms with Gasteiger partial charge in [-0.1, -0.05) is 48.0 Å². The number of hydrogen-bond donors (Lipinski definition) is 2. The van der Waals surface area contributed by atoms with E-state index in [-0.39, 0.29) is 18.4 Å². The maximum Gasteiger partial charge on any atom is 0.277 e. The number of quaternary nitrogens is 1. The molecule has 2 amide bonds. The van der Waals surface area contributed by atoms with E-state index in [9.17, 15) is 9.59 Å². The van der Waals surface area contributed by atoms with Crippen LogP contribution in [0.5, 0.6) is 0 Å². The number of nitrogens with one attached hydrogen (secondary N) is 2. The summed E-state index contributed by atoms with van der Waals surface area (Å²) in [6, 6.07) is 17.6. The molecule has 2 rings (SSSR count). The largest absolute Gasteiger partial charge is 0.332 e. The molecule has 1 atom stereocenters. The molecule has 132 valence electrons. The number of hydrogen-bond acceptors (Lipinski definition) is 2. The summed E-state index contributed by atoms with van der Waals surface area (Å²) < 4.78 is 0. The number of amides is 2. The Morgan fingerprint density at radius 2 is 1.68 bits per heavy atom. The van der Waals surface area contributed by atoms with Crippen molar-refractivity contribution in [1.82, 2.24) is 4.90 Å². The number of rotatable bonds is 7. The lowest BCUT2D eigenvalue weighted by Crippen LogP contribution is -3.08. The second kappa shape index (κ2) is 8.99. The number of aryl methyl sites for hydroxylation is 1. The minimum atomic E-state index is -0.194. The molecule has 2 aromatic carbocycles. The van der Waals surface area contributed by atoms with E-state index in [4.69, 9.17) is 0 Å². The van der Waals surface area contributed by atoms with E-state index in [0.717, 1.165) is 22.7 Å². The first kappa shape index (κ1) is 18.7. The van der Waals surface area contributed by atoms with Crippen molar-refractivity contribution < 1.29 is 14.5 Å². The van der Waals surface area contributed by atoms with Crippen LogP contribution < -0.4 is 10.2 Å². The average Bonchev–Trinajstić information content (AvgIpc) is 2.57. The van der Waals surface area contributed by atoms with Gasteiger partial charge in [-0.2, -0.15) is 0 Å². The van der Waals surface area contributed by atoms with Crippen molar-refractivity contribution in [2.75, 3.05) is 32.5 Å². The fraction of sp³-hybridized carbons (Fsp3) is 0.300. The van der Waals surface area contributed by atoms with Crippen LogP contribution in [0, 0.1) is 6.92 Å². The molecule has 1 unspecified atom stereocenters. The monoisotopic (exact) mass is 340 g/mol. The van der Waals surface area contributed by atoms with Crippen LogP contribution in [0.25, 0.3) is 0 Å². The van der Waals surface area contributed by atoms with Crippen LogP contribution in [0.2, 0.25) is 0 Å². The molecule has 25 heavy (non-hydrogen) atoms. The molecule has 5 nitrogen and oxygen atoms in total. The van der Waals surface area contributed by atoms with E-state index in [0.29, 0.717) is 6.54 Å². The summed E-state index contributed by atoms with van der Waals surface area (Å²) >= 11 is 0. The number of carbonyl (C=O) groups is 2. The third-order valence-corrected chi connectivity index (χ3v) is 3.94. The van der Waals surface area contributed by atoms with Crippen LogP contribution in [-0.4, -0.2) is 43.9 Å². The zero-order chi connectivity index (χ0) is 18.2. The molecule has 0 fully saturated rings. The molecular formula is C20H26N3O2+. The summed E-state index contributed by atoms with van der Waals surface area (Å²) in [4.78, 5) is 26.9. The van der Waals surface area contributed by atoms with Gasteiger partial charge in [-0.3, -0.25) is 9.59 Å². The first-order chi connectivity index (χ1) is 11.9. The lowest BCUT2D eigenvalue weighted by molar-refractivity contribution is -0.885. The van der Waals surface area contributed by atoms with Gasteiger partial charge in [-0.15, -0.1) is 0 Å². The number of anilines is 1. The maximum atomic E-state index is 12.3. The van der Waals surface area contributed by atoms with Gasteiger partial charge < -0.3 is 15.1 Å². The maximum absolute atomic E-state index is 12.3. The number of nitrogens with zero attached hydrogens (tertiary/aromatic N) is 1. The minimum absolute atomic E-state index is 0.0470. The highest BCUT2D eigenvalue weighted by molar-refractivity contribution is 5.94. The predicted molar refractivity (Wildman–Crippen MR) is 99.3 cm³/mol. The number of likely N-dealkylation sites (N-methyl/N-ethyl adjacent to an activating group) is 2. The Labute approximate surface area is 149 Å². The summed E-state index contributed by atoms with van der Waals surface area (Å²) in [5.41, 5.74) is 3.06. The van der Waals surface area contributed by atoms with Crippen molar-refractivity contribution in [2.45, 2.75) is 13.5 Å². The highest BCUT2D eigenvalue weighted by Crippen LogP contribution is 2.08. The Morgan fingerprint density at radius 1 is 1.04 bits per heavy atom. The lowest BCUT2D eigenvalue weighted by Gasteiger charge is -2.20. The van der Waals surface area contributed by atoms with E-state index in [1.807, 2.05) is 68.6 Å². The molecule has 0 saturated carbocycles. The van der Waals surface area contributed by atoms with Crippen molar-refractivity contribution in [3.8, 4) is 0 Å². The van der Waals surface area contributed by atoms with Crippen molar-refractivity contribution >= 4 is 17.5 Å². The zero-order valence-electron chi connectivity index (χ0n) is 15.1. The van der Waals surface area contributed by atoms with Gasteiger partial charge >= 0.3 is 0 Å². The van der Waals surface area contributed by atoms with E-state index in [2.05, 4.69) is 5.32 Å². The third-order valence-electron chi connectivity index (χ3n) is 3.94. The Balaban J connectivity index is 1.78. The van der Waals surface area contributed by atoms with Gasteiger partial charge in [-0.25, -0.2) is 0 Å². The van der Waals surface area contributed by atoms with Gasteiger partial charge in [-0.05, 0) is 19.1 Å². The SMILES string of the molecule is Cc1ccc(NC(=O)CN(C)C(=O)C[NH+](C)Cc2ccccc2)cc1. The van der Waals surface area contributed by atoms with Gasteiger partial charge in [0.15, 0.2) is 6.54 Å². The first-order valence-electron chi connectivity index (χ1n) is 8.40. The Bertz CT molecular complexity index is 699. The first-order valence-corrected chi connectivity index (χ1v) is 8.40. The van der Waals surface area contributed by atoms with Crippen LogP contribution in [0.3, 0.4) is 0 Å². The van der Waals surface area contributed by atoms with E-state index in [1.165, 1.54) is 10.5 Å². The summed E-state index contributed by atoms with van der Waals surface area (Å²) in [5.74, 6) is -0.243. The van der Waals surface area contributed by atoms with E-state index < -0.39 is 0 Å². The summed E-state index contributed by atoms with van der Waals surface area (Å²) in [6.07, 6.45) is 0. The molecule has 0 radical (unpaired) electrons. The van der Waals surface area contributed by atoms with Gasteiger partial charge in [0.25, 0.3) is 5.91 Å². The smallest absolute Gasteiger partial charge is 0.277 e. The minimum Gasteiger partial charge on any atom is -0.332 e. The van der Waals surface area contributed by atoms with Crippen molar-refractivity contribution in [1.29, 1.82) is 0 Å². The fourth-order valence-electron chi connectivity index (χ4n) is 2.54. The Kier molecular flexibility index (Phi) is 6.71. The van der Waals surface area contributed by atoms with Gasteiger partial charge in [0.05, 0.1) is 13.6 Å². The molecular weight excluding hydrogens is 314 g/mol. The summed E-state index contributed by atoms with van der Waals surface area (Å²) in [5, 5.41) is 2.81. The Hall–Kier alpha value is -2.66. The van der Waals surface area contributed by atoms with Crippen molar-refractivity contribution in [2.24, 2.45) is 0 Å². The molecule has 0 spiro atoms. The topological polar surface area (TPSA) is 53.9 Å². The van der Waals surface area contributed by atoms with Crippen LogP contribution in [-0.2, 0) is 16.1 Å². The number of carbonyl (C=O) groups excluding carboxylic acids is 2. The molecule has 5 heteroatoms. The average molecular weight is 340 g/mol. The molecule has 2 aromatic rings. The normalized spacial score (nSPS) is 11.6. The van der Waals surface area contributed by atoms with Crippen LogP contribution in [0.1, 0.15) is 11.1 Å². The highest BCUT2D eigenvalue weighted by Gasteiger charge is 2.17. The van der Waals surface area contributed by atoms with E-state index >= 15 is 0 Å². The molecule has 0 aromatic heterocycles. The summed E-state index contributed by atoms with van der Waals surface area (Å²) in [7, 11) is 3.64. The predicted octanol–water partition coefficient (Wildman–Crippen LogP) is 1.11. The van der Waals surface area contributed by atoms with Crippen LogP contribution >= 0.6 is 0 Å². The highest BCUT2D eigenvalue weighted by atomic mass is 16.2. The van der Waals surface area contributed by atoms with Crippen LogP contribution in [0.15, 0.2) is 54.6 Å². The number of benzene rings is 2. The zero-order valence-corrected chi connectivity index (χ0v) is 15.1. The fourth-order valence-corrected chi connectivity index (χ4v) is 2.54. The lowest BCUT2D eigenvalue weighted by atomic mass is 10.2. The van der Waals surface area contributed by atoms with Crippen LogP contribution in [0.4, 0.5) is 5.69 Å². The van der Waals surface area contributed by atoms with Gasteiger partial charge in [0, 0.05) is 18.3 Å². The molecule has 0 bridgehead atoms. The summed E-state index contributed by atoms with van der Waals surface area (Å²) in [6.45, 7) is 3.16. The van der Waals surface area contributed by atoms with Crippen molar-refractivity contribution in [3.05, 3.63) is 65.7 Å². The van der Waals surface area contributed by atoms with E-state index in [1.54, 1.807) is 7.05 Å². The molecule has 0 aliphatic heterocycles. The molecule has 2 N–H and O–H groups in total. The second-order valence-corrected chi connectivity index (χ2v) is 6.46. The van der Waals surface area contributed by atoms with Gasteiger partial charge in [0.2, 0.25) is 5.91 Å². The Morgan fingerprint density at radius 3 is 2.32 bits per heavy atom. The molecule has 0 heterocycles.